The van der Waals surface area contributed by atoms with E-state index >= 15 is 0 Å². The minimum Gasteiger partial charge on any atom is -0.342 e. The highest BCUT2D eigenvalue weighted by Gasteiger charge is 2.29. The van der Waals surface area contributed by atoms with E-state index in [1.165, 1.54) is 44.9 Å². The molecule has 0 radical (unpaired) electrons. The number of rotatable bonds is 4. The Kier molecular flexibility index (Phi) is 3.62. The Labute approximate surface area is 92.2 Å². The summed E-state index contributed by atoms with van der Waals surface area (Å²) in [6.07, 6.45) is 8.92. The second-order valence-electron chi connectivity index (χ2n) is 4.95. The van der Waals surface area contributed by atoms with Crippen LogP contribution in [0.5, 0.6) is 0 Å². The Morgan fingerprint density at radius 2 is 1.87 bits per heavy atom. The molecule has 0 spiro atoms. The lowest BCUT2D eigenvalue weighted by molar-refractivity contribution is -0.129. The maximum Gasteiger partial charge on any atom is 0.236 e. The summed E-state index contributed by atoms with van der Waals surface area (Å²) in [4.78, 5) is 13.6. The van der Waals surface area contributed by atoms with Gasteiger partial charge in [-0.3, -0.25) is 4.79 Å². The summed E-state index contributed by atoms with van der Waals surface area (Å²) in [5.41, 5.74) is 0. The molecule has 2 fully saturated rings. The molecule has 15 heavy (non-hydrogen) atoms. The quantitative estimate of drug-likeness (QED) is 0.763. The predicted molar refractivity (Wildman–Crippen MR) is 60.7 cm³/mol. The van der Waals surface area contributed by atoms with Crippen LogP contribution in [-0.4, -0.2) is 36.5 Å². The highest BCUT2D eigenvalue weighted by atomic mass is 16.2. The number of carbonyl (C=O) groups is 1. The Bertz CT molecular complexity index is 220. The largest absolute Gasteiger partial charge is 0.342 e. The molecule has 2 rings (SSSR count). The molecule has 2 aliphatic carbocycles. The molecule has 3 nitrogen and oxygen atoms in total. The summed E-state index contributed by atoms with van der Waals surface area (Å²) in [5.74, 6) is 0.267. The van der Waals surface area contributed by atoms with Crippen LogP contribution in [0.15, 0.2) is 0 Å². The zero-order chi connectivity index (χ0) is 10.7. The van der Waals surface area contributed by atoms with Gasteiger partial charge < -0.3 is 10.2 Å². The number of hydrogen-bond acceptors (Lipinski definition) is 2. The summed E-state index contributed by atoms with van der Waals surface area (Å²) in [6, 6.07) is 1.14. The molecule has 86 valence electrons. The molecule has 0 saturated heterocycles. The van der Waals surface area contributed by atoms with E-state index in [2.05, 4.69) is 5.32 Å². The molecule has 0 bridgehead atoms. The van der Waals surface area contributed by atoms with Crippen molar-refractivity contribution in [2.24, 2.45) is 0 Å². The molecule has 0 aromatic heterocycles. The lowest BCUT2D eigenvalue weighted by Crippen LogP contribution is -2.41. The second-order valence-corrected chi connectivity index (χ2v) is 4.95. The molecular weight excluding hydrogens is 188 g/mol. The SMILES string of the molecule is CN(C(=O)CNC1CCCCC1)C1CC1. The first-order valence-electron chi connectivity index (χ1n) is 6.26. The lowest BCUT2D eigenvalue weighted by Gasteiger charge is -2.24. The Balaban J connectivity index is 1.65. The van der Waals surface area contributed by atoms with Crippen LogP contribution in [-0.2, 0) is 4.79 Å². The van der Waals surface area contributed by atoms with Gasteiger partial charge in [0.2, 0.25) is 5.91 Å². The average molecular weight is 210 g/mol. The van der Waals surface area contributed by atoms with Crippen LogP contribution in [0.3, 0.4) is 0 Å². The molecule has 0 aromatic carbocycles. The van der Waals surface area contributed by atoms with Crippen molar-refractivity contribution in [1.82, 2.24) is 10.2 Å². The van der Waals surface area contributed by atoms with Crippen molar-refractivity contribution >= 4 is 5.91 Å². The van der Waals surface area contributed by atoms with E-state index in [9.17, 15) is 4.79 Å². The molecule has 0 heterocycles. The molecule has 0 aromatic rings. The molecule has 0 aliphatic heterocycles. The Morgan fingerprint density at radius 1 is 1.20 bits per heavy atom. The highest BCUT2D eigenvalue weighted by molar-refractivity contribution is 5.78. The van der Waals surface area contributed by atoms with Crippen LogP contribution in [0.1, 0.15) is 44.9 Å². The fourth-order valence-electron chi connectivity index (χ4n) is 2.33. The Hall–Kier alpha value is -0.570. The molecule has 2 saturated carbocycles. The van der Waals surface area contributed by atoms with Crippen molar-refractivity contribution in [3.63, 3.8) is 0 Å². The van der Waals surface area contributed by atoms with Crippen LogP contribution in [0.25, 0.3) is 0 Å². The van der Waals surface area contributed by atoms with Crippen LogP contribution in [0.2, 0.25) is 0 Å². The molecular formula is C12H22N2O. The van der Waals surface area contributed by atoms with E-state index in [0.29, 0.717) is 18.6 Å². The van der Waals surface area contributed by atoms with Crippen molar-refractivity contribution in [2.75, 3.05) is 13.6 Å². The van der Waals surface area contributed by atoms with Crippen LogP contribution in [0, 0.1) is 0 Å². The number of amides is 1. The van der Waals surface area contributed by atoms with E-state index in [-0.39, 0.29) is 5.91 Å². The van der Waals surface area contributed by atoms with Gasteiger partial charge in [-0.15, -0.1) is 0 Å². The molecule has 3 heteroatoms. The topological polar surface area (TPSA) is 32.3 Å². The highest BCUT2D eigenvalue weighted by Crippen LogP contribution is 2.25. The van der Waals surface area contributed by atoms with E-state index in [1.807, 2.05) is 11.9 Å². The van der Waals surface area contributed by atoms with Crippen molar-refractivity contribution in [3.05, 3.63) is 0 Å². The monoisotopic (exact) mass is 210 g/mol. The first-order chi connectivity index (χ1) is 7.27. The Morgan fingerprint density at radius 3 is 2.47 bits per heavy atom. The minimum absolute atomic E-state index is 0.267. The van der Waals surface area contributed by atoms with Crippen molar-refractivity contribution in [1.29, 1.82) is 0 Å². The van der Waals surface area contributed by atoms with E-state index in [1.54, 1.807) is 0 Å². The molecule has 2 aliphatic rings. The van der Waals surface area contributed by atoms with Gasteiger partial charge in [-0.1, -0.05) is 19.3 Å². The van der Waals surface area contributed by atoms with Gasteiger partial charge in [-0.05, 0) is 25.7 Å². The van der Waals surface area contributed by atoms with Gasteiger partial charge in [0, 0.05) is 19.1 Å². The summed E-state index contributed by atoms with van der Waals surface area (Å²) >= 11 is 0. The van der Waals surface area contributed by atoms with Crippen LogP contribution >= 0.6 is 0 Å². The summed E-state index contributed by atoms with van der Waals surface area (Å²) in [6.45, 7) is 0.539. The average Bonchev–Trinajstić information content (AvgIpc) is 3.10. The first kappa shape index (κ1) is 10.9. The van der Waals surface area contributed by atoms with Crippen LogP contribution < -0.4 is 5.32 Å². The third-order valence-corrected chi connectivity index (χ3v) is 3.64. The second kappa shape index (κ2) is 4.97. The normalized spacial score (nSPS) is 22.7. The number of nitrogens with one attached hydrogen (secondary N) is 1. The van der Waals surface area contributed by atoms with Gasteiger partial charge >= 0.3 is 0 Å². The molecule has 0 atom stereocenters. The third-order valence-electron chi connectivity index (χ3n) is 3.64. The number of nitrogens with zero attached hydrogens (tertiary/aromatic N) is 1. The summed E-state index contributed by atoms with van der Waals surface area (Å²) < 4.78 is 0. The fraction of sp³-hybridized carbons (Fsp3) is 0.917. The lowest BCUT2D eigenvalue weighted by atomic mass is 9.95. The third kappa shape index (κ3) is 3.20. The number of hydrogen-bond donors (Lipinski definition) is 1. The summed E-state index contributed by atoms with van der Waals surface area (Å²) in [7, 11) is 1.93. The van der Waals surface area contributed by atoms with Crippen LogP contribution in [0.4, 0.5) is 0 Å². The van der Waals surface area contributed by atoms with Gasteiger partial charge in [0.15, 0.2) is 0 Å². The van der Waals surface area contributed by atoms with Gasteiger partial charge in [0.05, 0.1) is 6.54 Å². The number of likely N-dealkylation sites (N-methyl/N-ethyl adjacent to an activating group) is 1. The molecule has 1 amide bonds. The minimum atomic E-state index is 0.267. The van der Waals surface area contributed by atoms with Crippen molar-refractivity contribution in [3.8, 4) is 0 Å². The zero-order valence-corrected chi connectivity index (χ0v) is 9.67. The molecule has 0 unspecified atom stereocenters. The first-order valence-corrected chi connectivity index (χ1v) is 6.26. The fourth-order valence-corrected chi connectivity index (χ4v) is 2.33. The van der Waals surface area contributed by atoms with Gasteiger partial charge in [0.1, 0.15) is 0 Å². The summed E-state index contributed by atoms with van der Waals surface area (Å²) in [5, 5.41) is 3.39. The smallest absolute Gasteiger partial charge is 0.236 e. The van der Waals surface area contributed by atoms with Gasteiger partial charge in [0.25, 0.3) is 0 Å². The van der Waals surface area contributed by atoms with Crippen molar-refractivity contribution in [2.45, 2.75) is 57.0 Å². The van der Waals surface area contributed by atoms with Gasteiger partial charge in [-0.2, -0.15) is 0 Å². The van der Waals surface area contributed by atoms with E-state index < -0.39 is 0 Å². The zero-order valence-electron chi connectivity index (χ0n) is 9.67. The van der Waals surface area contributed by atoms with Gasteiger partial charge in [-0.25, -0.2) is 0 Å². The van der Waals surface area contributed by atoms with Crippen molar-refractivity contribution < 1.29 is 4.79 Å². The molecule has 1 N–H and O–H groups in total. The maximum absolute atomic E-state index is 11.7. The number of carbonyl (C=O) groups excluding carboxylic acids is 1. The van der Waals surface area contributed by atoms with E-state index in [0.717, 1.165) is 0 Å². The predicted octanol–water partition coefficient (Wildman–Crippen LogP) is 1.53. The standard InChI is InChI=1S/C12H22N2O/c1-14(11-7-8-11)12(15)9-13-10-5-3-2-4-6-10/h10-11,13H,2-9H2,1H3. The van der Waals surface area contributed by atoms with E-state index in [4.69, 9.17) is 0 Å². The maximum atomic E-state index is 11.7.